The molecule has 0 heterocycles. The van der Waals surface area contributed by atoms with Crippen LogP contribution in [0.3, 0.4) is 0 Å². The Morgan fingerprint density at radius 1 is 1.39 bits per heavy atom. The van der Waals surface area contributed by atoms with Crippen LogP contribution in [0.15, 0.2) is 12.1 Å². The van der Waals surface area contributed by atoms with Gasteiger partial charge in [0.05, 0.1) is 18.1 Å². The van der Waals surface area contributed by atoms with E-state index in [9.17, 15) is 14.9 Å². The van der Waals surface area contributed by atoms with Crippen molar-refractivity contribution >= 4 is 17.3 Å². The van der Waals surface area contributed by atoms with E-state index in [1.165, 1.54) is 12.1 Å². The summed E-state index contributed by atoms with van der Waals surface area (Å²) in [5, 5.41) is 10.8. The molecule has 0 saturated carbocycles. The van der Waals surface area contributed by atoms with Gasteiger partial charge in [0, 0.05) is 6.07 Å². The summed E-state index contributed by atoms with van der Waals surface area (Å²) in [7, 11) is 0. The zero-order chi connectivity index (χ0) is 13.7. The highest BCUT2D eigenvalue weighted by Crippen LogP contribution is 2.33. The Kier molecular flexibility index (Phi) is 4.47. The summed E-state index contributed by atoms with van der Waals surface area (Å²) in [4.78, 5) is 21.8. The van der Waals surface area contributed by atoms with Crippen molar-refractivity contribution in [2.75, 3.05) is 18.9 Å². The van der Waals surface area contributed by atoms with Gasteiger partial charge in [-0.1, -0.05) is 0 Å². The lowest BCUT2D eigenvalue weighted by atomic mass is 10.1. The van der Waals surface area contributed by atoms with E-state index >= 15 is 0 Å². The molecule has 0 saturated heterocycles. The van der Waals surface area contributed by atoms with Gasteiger partial charge in [-0.3, -0.25) is 10.1 Å². The van der Waals surface area contributed by atoms with Crippen LogP contribution >= 0.6 is 0 Å². The number of anilines is 1. The molecule has 0 unspecified atom stereocenters. The Balaban J connectivity index is 3.35. The molecule has 2 N–H and O–H groups in total. The third-order valence-electron chi connectivity index (χ3n) is 2.16. The average molecular weight is 254 g/mol. The summed E-state index contributed by atoms with van der Waals surface area (Å²) in [6.45, 7) is 3.81. The number of carbonyl (C=O) groups is 1. The maximum atomic E-state index is 11.7. The first-order chi connectivity index (χ1) is 8.52. The molecule has 1 aromatic rings. The maximum absolute atomic E-state index is 11.7. The minimum absolute atomic E-state index is 0.104. The van der Waals surface area contributed by atoms with Gasteiger partial charge < -0.3 is 15.2 Å². The van der Waals surface area contributed by atoms with E-state index in [1.54, 1.807) is 13.8 Å². The molecule has 0 atom stereocenters. The number of hydrogen-bond acceptors (Lipinski definition) is 6. The molecule has 0 fully saturated rings. The summed E-state index contributed by atoms with van der Waals surface area (Å²) in [6, 6.07) is 2.54. The molecule has 0 aliphatic heterocycles. The first-order valence-electron chi connectivity index (χ1n) is 5.39. The molecule has 18 heavy (non-hydrogen) atoms. The Hall–Kier alpha value is -2.31. The van der Waals surface area contributed by atoms with Crippen LogP contribution < -0.4 is 10.5 Å². The standard InChI is InChI=1S/C11H14N2O5/c1-3-17-8-6-5-7(13(15)16)10(12)9(8)11(14)18-4-2/h5-6H,3-4,12H2,1-2H3. The molecule has 0 aliphatic carbocycles. The predicted molar refractivity (Wildman–Crippen MR) is 64.6 cm³/mol. The van der Waals surface area contributed by atoms with E-state index in [0.29, 0.717) is 6.61 Å². The second kappa shape index (κ2) is 5.85. The maximum Gasteiger partial charge on any atom is 0.344 e. The van der Waals surface area contributed by atoms with Crippen LogP contribution in [-0.4, -0.2) is 24.1 Å². The van der Waals surface area contributed by atoms with Crippen molar-refractivity contribution in [3.8, 4) is 5.75 Å². The van der Waals surface area contributed by atoms with Gasteiger partial charge in [0.25, 0.3) is 5.69 Å². The van der Waals surface area contributed by atoms with E-state index in [2.05, 4.69) is 0 Å². The molecule has 0 bridgehead atoms. The third kappa shape index (κ3) is 2.68. The summed E-state index contributed by atoms with van der Waals surface area (Å²) in [5.74, 6) is -0.554. The zero-order valence-corrected chi connectivity index (χ0v) is 10.1. The average Bonchev–Trinajstić information content (AvgIpc) is 2.29. The summed E-state index contributed by atoms with van der Waals surface area (Å²) < 4.78 is 10.0. The summed E-state index contributed by atoms with van der Waals surface area (Å²) >= 11 is 0. The van der Waals surface area contributed by atoms with E-state index in [0.717, 1.165) is 0 Å². The smallest absolute Gasteiger partial charge is 0.344 e. The molecule has 0 spiro atoms. The number of rotatable bonds is 5. The zero-order valence-electron chi connectivity index (χ0n) is 10.1. The van der Waals surface area contributed by atoms with E-state index in [1.807, 2.05) is 0 Å². The minimum Gasteiger partial charge on any atom is -0.493 e. The molecule has 0 amide bonds. The number of hydrogen-bond donors (Lipinski definition) is 1. The van der Waals surface area contributed by atoms with Gasteiger partial charge >= 0.3 is 5.97 Å². The monoisotopic (exact) mass is 254 g/mol. The van der Waals surface area contributed by atoms with Crippen LogP contribution in [0, 0.1) is 10.1 Å². The first kappa shape index (κ1) is 13.8. The SMILES string of the molecule is CCOC(=O)c1c(OCC)ccc([N+](=O)[O-])c1N. The van der Waals surface area contributed by atoms with Crippen molar-refractivity contribution in [2.45, 2.75) is 13.8 Å². The van der Waals surface area contributed by atoms with Crippen LogP contribution in [0.25, 0.3) is 0 Å². The fourth-order valence-corrected chi connectivity index (χ4v) is 1.44. The van der Waals surface area contributed by atoms with Crippen LogP contribution in [0.5, 0.6) is 5.75 Å². The molecule has 1 rings (SSSR count). The Labute approximate surface area is 104 Å². The van der Waals surface area contributed by atoms with Gasteiger partial charge in [0.1, 0.15) is 17.0 Å². The predicted octanol–water partition coefficient (Wildman–Crippen LogP) is 1.75. The Morgan fingerprint density at radius 3 is 2.56 bits per heavy atom. The molecule has 0 radical (unpaired) electrons. The highest BCUT2D eigenvalue weighted by Gasteiger charge is 2.25. The molecule has 7 nitrogen and oxygen atoms in total. The molecular weight excluding hydrogens is 240 g/mol. The lowest BCUT2D eigenvalue weighted by Crippen LogP contribution is -2.12. The number of carbonyl (C=O) groups excluding carboxylic acids is 1. The number of nitro benzene ring substituents is 1. The lowest BCUT2D eigenvalue weighted by Gasteiger charge is -2.11. The molecule has 7 heteroatoms. The first-order valence-corrected chi connectivity index (χ1v) is 5.39. The number of benzene rings is 1. The lowest BCUT2D eigenvalue weighted by molar-refractivity contribution is -0.383. The molecule has 98 valence electrons. The Morgan fingerprint density at radius 2 is 2.06 bits per heavy atom. The number of esters is 1. The number of nitrogen functional groups attached to an aromatic ring is 1. The normalized spacial score (nSPS) is 9.89. The van der Waals surface area contributed by atoms with Crippen molar-refractivity contribution < 1.29 is 19.2 Å². The van der Waals surface area contributed by atoms with Gasteiger partial charge in [0.2, 0.25) is 0 Å². The fraction of sp³-hybridized carbons (Fsp3) is 0.364. The minimum atomic E-state index is -0.734. The molecule has 0 aliphatic rings. The van der Waals surface area contributed by atoms with Gasteiger partial charge in [0.15, 0.2) is 0 Å². The van der Waals surface area contributed by atoms with Crippen molar-refractivity contribution in [3.63, 3.8) is 0 Å². The third-order valence-corrected chi connectivity index (χ3v) is 2.16. The topological polar surface area (TPSA) is 105 Å². The molecule has 0 aromatic heterocycles. The summed E-state index contributed by atoms with van der Waals surface area (Å²) in [5.41, 5.74) is 4.93. The quantitative estimate of drug-likeness (QED) is 0.371. The van der Waals surface area contributed by atoms with Crippen LogP contribution in [0.1, 0.15) is 24.2 Å². The fourth-order valence-electron chi connectivity index (χ4n) is 1.44. The number of ether oxygens (including phenoxy) is 2. The van der Waals surface area contributed by atoms with Crippen molar-refractivity contribution in [1.29, 1.82) is 0 Å². The highest BCUT2D eigenvalue weighted by atomic mass is 16.6. The van der Waals surface area contributed by atoms with Gasteiger partial charge in [-0.25, -0.2) is 4.79 Å². The summed E-state index contributed by atoms with van der Waals surface area (Å²) in [6.07, 6.45) is 0. The highest BCUT2D eigenvalue weighted by molar-refractivity contribution is 6.00. The largest absolute Gasteiger partial charge is 0.493 e. The van der Waals surface area contributed by atoms with Crippen LogP contribution in [0.2, 0.25) is 0 Å². The molecular formula is C11H14N2O5. The van der Waals surface area contributed by atoms with Gasteiger partial charge in [-0.15, -0.1) is 0 Å². The molecule has 1 aromatic carbocycles. The number of nitro groups is 1. The number of nitrogens with zero attached hydrogens (tertiary/aromatic N) is 1. The van der Waals surface area contributed by atoms with Crippen molar-refractivity contribution in [3.05, 3.63) is 27.8 Å². The van der Waals surface area contributed by atoms with E-state index in [4.69, 9.17) is 15.2 Å². The van der Waals surface area contributed by atoms with E-state index in [-0.39, 0.29) is 29.3 Å². The van der Waals surface area contributed by atoms with Crippen LogP contribution in [0.4, 0.5) is 11.4 Å². The Bertz CT molecular complexity index is 473. The van der Waals surface area contributed by atoms with Gasteiger partial charge in [-0.05, 0) is 19.9 Å². The van der Waals surface area contributed by atoms with Crippen molar-refractivity contribution in [2.24, 2.45) is 0 Å². The van der Waals surface area contributed by atoms with Gasteiger partial charge in [-0.2, -0.15) is 0 Å². The number of nitrogens with two attached hydrogens (primary N) is 1. The van der Waals surface area contributed by atoms with Crippen molar-refractivity contribution in [1.82, 2.24) is 0 Å². The second-order valence-electron chi connectivity index (χ2n) is 3.28. The van der Waals surface area contributed by atoms with Crippen LogP contribution in [-0.2, 0) is 4.74 Å². The van der Waals surface area contributed by atoms with E-state index < -0.39 is 10.9 Å². The second-order valence-corrected chi connectivity index (χ2v) is 3.28.